The molecule has 0 aliphatic heterocycles. The molecular weight excluding hydrogens is 193 g/mol. The zero-order chi connectivity index (χ0) is 11.3. The maximum Gasteiger partial charge on any atom is 0.128 e. The summed E-state index contributed by atoms with van der Waals surface area (Å²) in [7, 11) is 0. The van der Waals surface area contributed by atoms with Crippen LogP contribution in [-0.2, 0) is 4.74 Å². The number of halogens is 1. The predicted molar refractivity (Wildman–Crippen MR) is 60.7 cm³/mol. The molecular formula is C12H18FNO. The normalized spacial score (nSPS) is 10.7. The van der Waals surface area contributed by atoms with Gasteiger partial charge in [-0.15, -0.1) is 0 Å². The van der Waals surface area contributed by atoms with Gasteiger partial charge in [-0.1, -0.05) is 6.07 Å². The maximum absolute atomic E-state index is 13.1. The van der Waals surface area contributed by atoms with E-state index in [4.69, 9.17) is 4.74 Å². The lowest BCUT2D eigenvalue weighted by molar-refractivity contribution is 0.0870. The molecule has 1 aromatic rings. The average molecular weight is 211 g/mol. The number of nitrogens with one attached hydrogen (secondary N) is 1. The minimum absolute atomic E-state index is 0.176. The standard InChI is InChI=1S/C12H18FNO/c1-9(2)15-7-6-14-11-5-4-10(3)12(13)8-11/h4-5,8-9,14H,6-7H2,1-3H3. The second-order valence-electron chi connectivity index (χ2n) is 3.81. The third-order valence-corrected chi connectivity index (χ3v) is 2.05. The number of benzene rings is 1. The highest BCUT2D eigenvalue weighted by Gasteiger charge is 1.98. The zero-order valence-corrected chi connectivity index (χ0v) is 9.51. The molecule has 2 nitrogen and oxygen atoms in total. The van der Waals surface area contributed by atoms with Gasteiger partial charge in [-0.3, -0.25) is 0 Å². The van der Waals surface area contributed by atoms with E-state index < -0.39 is 0 Å². The Bertz CT molecular complexity index is 312. The Balaban J connectivity index is 2.35. The van der Waals surface area contributed by atoms with Gasteiger partial charge in [-0.25, -0.2) is 4.39 Å². The van der Waals surface area contributed by atoms with Crippen molar-refractivity contribution in [3.05, 3.63) is 29.6 Å². The van der Waals surface area contributed by atoms with E-state index in [0.717, 1.165) is 5.69 Å². The summed E-state index contributed by atoms with van der Waals surface area (Å²) < 4.78 is 18.5. The fourth-order valence-electron chi connectivity index (χ4n) is 1.19. The Morgan fingerprint density at radius 1 is 1.40 bits per heavy atom. The summed E-state index contributed by atoms with van der Waals surface area (Å²) in [5, 5.41) is 3.10. The van der Waals surface area contributed by atoms with Gasteiger partial charge in [0.2, 0.25) is 0 Å². The molecule has 0 fully saturated rings. The minimum atomic E-state index is -0.176. The maximum atomic E-state index is 13.1. The predicted octanol–water partition coefficient (Wildman–Crippen LogP) is 2.97. The molecule has 0 saturated heterocycles. The first-order chi connectivity index (χ1) is 7.09. The van der Waals surface area contributed by atoms with Gasteiger partial charge in [0.1, 0.15) is 5.82 Å². The number of hydrogen-bond acceptors (Lipinski definition) is 2. The molecule has 0 bridgehead atoms. The van der Waals surface area contributed by atoms with Crippen LogP contribution in [0.5, 0.6) is 0 Å². The number of aryl methyl sites for hydroxylation is 1. The van der Waals surface area contributed by atoms with Crippen molar-refractivity contribution in [2.75, 3.05) is 18.5 Å². The second kappa shape index (κ2) is 5.71. The van der Waals surface area contributed by atoms with Crippen LogP contribution < -0.4 is 5.32 Å². The third kappa shape index (κ3) is 4.30. The molecule has 0 aromatic heterocycles. The first-order valence-electron chi connectivity index (χ1n) is 5.21. The molecule has 0 radical (unpaired) electrons. The van der Waals surface area contributed by atoms with E-state index in [1.165, 1.54) is 6.07 Å². The molecule has 0 heterocycles. The smallest absolute Gasteiger partial charge is 0.128 e. The highest BCUT2D eigenvalue weighted by molar-refractivity contribution is 5.44. The van der Waals surface area contributed by atoms with Gasteiger partial charge >= 0.3 is 0 Å². The number of hydrogen-bond donors (Lipinski definition) is 1. The van der Waals surface area contributed by atoms with Crippen molar-refractivity contribution in [2.45, 2.75) is 26.9 Å². The van der Waals surface area contributed by atoms with Crippen molar-refractivity contribution < 1.29 is 9.13 Å². The highest BCUT2D eigenvalue weighted by Crippen LogP contribution is 2.12. The average Bonchev–Trinajstić information content (AvgIpc) is 2.18. The SMILES string of the molecule is Cc1ccc(NCCOC(C)C)cc1F. The van der Waals surface area contributed by atoms with Gasteiger partial charge in [0.05, 0.1) is 12.7 Å². The molecule has 15 heavy (non-hydrogen) atoms. The largest absolute Gasteiger partial charge is 0.383 e. The first-order valence-corrected chi connectivity index (χ1v) is 5.21. The van der Waals surface area contributed by atoms with Crippen LogP contribution in [0.25, 0.3) is 0 Å². The topological polar surface area (TPSA) is 21.3 Å². The van der Waals surface area contributed by atoms with Crippen LogP contribution in [-0.4, -0.2) is 19.3 Å². The molecule has 1 rings (SSSR count). The Morgan fingerprint density at radius 3 is 2.73 bits per heavy atom. The third-order valence-electron chi connectivity index (χ3n) is 2.05. The van der Waals surface area contributed by atoms with Crippen molar-refractivity contribution in [1.29, 1.82) is 0 Å². The number of rotatable bonds is 5. The lowest BCUT2D eigenvalue weighted by atomic mass is 10.2. The molecule has 1 N–H and O–H groups in total. The molecule has 0 aliphatic rings. The summed E-state index contributed by atoms with van der Waals surface area (Å²) >= 11 is 0. The second-order valence-corrected chi connectivity index (χ2v) is 3.81. The van der Waals surface area contributed by atoms with Gasteiger partial charge < -0.3 is 10.1 Å². The van der Waals surface area contributed by atoms with Crippen molar-refractivity contribution in [1.82, 2.24) is 0 Å². The van der Waals surface area contributed by atoms with E-state index in [0.29, 0.717) is 18.7 Å². The van der Waals surface area contributed by atoms with E-state index in [9.17, 15) is 4.39 Å². The fraction of sp³-hybridized carbons (Fsp3) is 0.500. The molecule has 0 spiro atoms. The minimum Gasteiger partial charge on any atom is -0.383 e. The molecule has 0 amide bonds. The van der Waals surface area contributed by atoms with E-state index in [-0.39, 0.29) is 11.9 Å². The van der Waals surface area contributed by atoms with E-state index in [2.05, 4.69) is 5.32 Å². The monoisotopic (exact) mass is 211 g/mol. The van der Waals surface area contributed by atoms with Crippen molar-refractivity contribution in [3.8, 4) is 0 Å². The van der Waals surface area contributed by atoms with Crippen LogP contribution >= 0.6 is 0 Å². The molecule has 0 saturated carbocycles. The van der Waals surface area contributed by atoms with Gasteiger partial charge in [-0.05, 0) is 38.5 Å². The van der Waals surface area contributed by atoms with Gasteiger partial charge in [0, 0.05) is 12.2 Å². The first kappa shape index (κ1) is 12.0. The summed E-state index contributed by atoms with van der Waals surface area (Å²) in [5.74, 6) is -0.176. The Labute approximate surface area is 90.4 Å². The van der Waals surface area contributed by atoms with Gasteiger partial charge in [-0.2, -0.15) is 0 Å². The quantitative estimate of drug-likeness (QED) is 0.756. The molecule has 84 valence electrons. The summed E-state index contributed by atoms with van der Waals surface area (Å²) in [6, 6.07) is 5.14. The summed E-state index contributed by atoms with van der Waals surface area (Å²) in [4.78, 5) is 0. The molecule has 0 aliphatic carbocycles. The van der Waals surface area contributed by atoms with Crippen molar-refractivity contribution in [2.24, 2.45) is 0 Å². The van der Waals surface area contributed by atoms with Crippen molar-refractivity contribution >= 4 is 5.69 Å². The highest BCUT2D eigenvalue weighted by atomic mass is 19.1. The summed E-state index contributed by atoms with van der Waals surface area (Å²) in [6.07, 6.45) is 0.238. The van der Waals surface area contributed by atoms with Crippen LogP contribution in [0.3, 0.4) is 0 Å². The molecule has 0 atom stereocenters. The number of anilines is 1. The van der Waals surface area contributed by atoms with E-state index in [1.54, 1.807) is 13.0 Å². The number of ether oxygens (including phenoxy) is 1. The Hall–Kier alpha value is -1.09. The van der Waals surface area contributed by atoms with Crippen molar-refractivity contribution in [3.63, 3.8) is 0 Å². The molecule has 3 heteroatoms. The van der Waals surface area contributed by atoms with Crippen LogP contribution in [0.1, 0.15) is 19.4 Å². The van der Waals surface area contributed by atoms with E-state index >= 15 is 0 Å². The fourth-order valence-corrected chi connectivity index (χ4v) is 1.19. The van der Waals surface area contributed by atoms with Crippen LogP contribution in [0.15, 0.2) is 18.2 Å². The summed E-state index contributed by atoms with van der Waals surface area (Å²) in [5.41, 5.74) is 1.46. The van der Waals surface area contributed by atoms with Gasteiger partial charge in [0.25, 0.3) is 0 Å². The molecule has 0 unspecified atom stereocenters. The summed E-state index contributed by atoms with van der Waals surface area (Å²) in [6.45, 7) is 7.06. The van der Waals surface area contributed by atoms with Crippen LogP contribution in [0.2, 0.25) is 0 Å². The lowest BCUT2D eigenvalue weighted by Gasteiger charge is -2.09. The van der Waals surface area contributed by atoms with Gasteiger partial charge in [0.15, 0.2) is 0 Å². The Kier molecular flexibility index (Phi) is 4.56. The molecule has 1 aromatic carbocycles. The van der Waals surface area contributed by atoms with Crippen LogP contribution in [0.4, 0.5) is 10.1 Å². The zero-order valence-electron chi connectivity index (χ0n) is 9.51. The van der Waals surface area contributed by atoms with Crippen LogP contribution in [0, 0.1) is 12.7 Å². The lowest BCUT2D eigenvalue weighted by Crippen LogP contribution is -2.13. The Morgan fingerprint density at radius 2 is 2.13 bits per heavy atom. The van der Waals surface area contributed by atoms with E-state index in [1.807, 2.05) is 19.9 Å².